The van der Waals surface area contributed by atoms with Gasteiger partial charge < -0.3 is 10.6 Å². The zero-order valence-electron chi connectivity index (χ0n) is 14.4. The van der Waals surface area contributed by atoms with Crippen LogP contribution in [0.15, 0.2) is 4.99 Å². The molecule has 126 valence electrons. The van der Waals surface area contributed by atoms with Crippen LogP contribution in [0, 0.1) is 5.92 Å². The summed E-state index contributed by atoms with van der Waals surface area (Å²) in [5, 5.41) is 7.21. The van der Waals surface area contributed by atoms with Crippen molar-refractivity contribution in [3.05, 3.63) is 0 Å². The molecule has 4 rings (SSSR count). The number of fused-ring (bicyclic) bond motifs is 3. The molecular weight excluding hydrogens is 274 g/mol. The van der Waals surface area contributed by atoms with Gasteiger partial charge in [0.2, 0.25) is 0 Å². The van der Waals surface area contributed by atoms with E-state index in [0.29, 0.717) is 12.1 Å². The monoisotopic (exact) mass is 307 g/mol. The molecule has 22 heavy (non-hydrogen) atoms. The topological polar surface area (TPSA) is 42.9 Å². The molecule has 5 heteroatoms. The summed E-state index contributed by atoms with van der Waals surface area (Å²) < 4.78 is 0. The number of nitrogens with zero attached hydrogens (tertiary/aromatic N) is 3. The summed E-state index contributed by atoms with van der Waals surface area (Å²) in [6.07, 6.45) is 6.67. The first-order chi connectivity index (χ1) is 10.8. The van der Waals surface area contributed by atoms with Gasteiger partial charge in [-0.15, -0.1) is 0 Å². The second-order valence-corrected chi connectivity index (χ2v) is 7.21. The van der Waals surface area contributed by atoms with Crippen molar-refractivity contribution in [2.24, 2.45) is 10.9 Å². The maximum atomic E-state index is 4.43. The predicted molar refractivity (Wildman–Crippen MR) is 92.3 cm³/mol. The lowest BCUT2D eigenvalue weighted by Crippen LogP contribution is -2.64. The molecule has 0 amide bonds. The van der Waals surface area contributed by atoms with Crippen molar-refractivity contribution in [3.8, 4) is 0 Å². The fraction of sp³-hybridized carbons (Fsp3) is 0.941. The van der Waals surface area contributed by atoms with E-state index in [4.69, 9.17) is 0 Å². The zero-order chi connectivity index (χ0) is 15.4. The van der Waals surface area contributed by atoms with Crippen LogP contribution in [-0.2, 0) is 0 Å². The average molecular weight is 307 g/mol. The second kappa shape index (κ2) is 7.64. The maximum absolute atomic E-state index is 4.43. The molecule has 3 saturated heterocycles. The van der Waals surface area contributed by atoms with E-state index in [1.54, 1.807) is 0 Å². The average Bonchev–Trinajstić information content (AvgIpc) is 2.60. The molecule has 1 saturated carbocycles. The normalized spacial score (nSPS) is 38.8. The standard InChI is InChI=1S/C17H33N5/c1-3-14-4-6-15(7-5-14)20-17(18-2)19-12-16-13-21-8-10-22(16)11-9-21/h14-16H,3-13H2,1-2H3,(H2,18,19,20). The van der Waals surface area contributed by atoms with Crippen molar-refractivity contribution in [3.63, 3.8) is 0 Å². The van der Waals surface area contributed by atoms with Crippen LogP contribution in [0.1, 0.15) is 39.0 Å². The third-order valence-corrected chi connectivity index (χ3v) is 5.89. The third kappa shape index (κ3) is 3.93. The Morgan fingerprint density at radius 3 is 2.36 bits per heavy atom. The van der Waals surface area contributed by atoms with E-state index >= 15 is 0 Å². The third-order valence-electron chi connectivity index (χ3n) is 5.89. The number of hydrogen-bond donors (Lipinski definition) is 2. The Labute approximate surface area is 135 Å². The molecule has 1 unspecified atom stereocenters. The molecule has 3 heterocycles. The van der Waals surface area contributed by atoms with Crippen LogP contribution in [0.25, 0.3) is 0 Å². The molecular formula is C17H33N5. The minimum atomic E-state index is 0.612. The Bertz CT molecular complexity index is 367. The minimum absolute atomic E-state index is 0.612. The van der Waals surface area contributed by atoms with E-state index in [9.17, 15) is 0 Å². The van der Waals surface area contributed by atoms with Crippen LogP contribution in [0.5, 0.6) is 0 Å². The van der Waals surface area contributed by atoms with Gasteiger partial charge in [0.15, 0.2) is 5.96 Å². The highest BCUT2D eigenvalue weighted by Crippen LogP contribution is 2.26. The Balaban J connectivity index is 1.41. The number of piperazine rings is 3. The Hall–Kier alpha value is -0.810. The van der Waals surface area contributed by atoms with Crippen LogP contribution < -0.4 is 10.6 Å². The van der Waals surface area contributed by atoms with Gasteiger partial charge in [0, 0.05) is 58.4 Å². The van der Waals surface area contributed by atoms with Gasteiger partial charge in [-0.1, -0.05) is 13.3 Å². The SMILES string of the molecule is CCC1CCC(NC(=NC)NCC2CN3CCN2CC3)CC1. The molecule has 3 aliphatic heterocycles. The quantitative estimate of drug-likeness (QED) is 0.603. The van der Waals surface area contributed by atoms with E-state index in [2.05, 4.69) is 32.3 Å². The van der Waals surface area contributed by atoms with E-state index in [1.807, 2.05) is 7.05 Å². The zero-order valence-corrected chi connectivity index (χ0v) is 14.4. The molecule has 0 aromatic carbocycles. The lowest BCUT2D eigenvalue weighted by atomic mass is 9.84. The highest BCUT2D eigenvalue weighted by atomic mass is 15.4. The molecule has 0 radical (unpaired) electrons. The molecule has 0 spiro atoms. The van der Waals surface area contributed by atoms with Crippen molar-refractivity contribution in [1.82, 2.24) is 20.4 Å². The lowest BCUT2D eigenvalue weighted by Gasteiger charge is -2.47. The number of aliphatic imine (C=N–C) groups is 1. The second-order valence-electron chi connectivity index (χ2n) is 7.21. The van der Waals surface area contributed by atoms with E-state index < -0.39 is 0 Å². The van der Waals surface area contributed by atoms with Crippen LogP contribution in [0.4, 0.5) is 0 Å². The van der Waals surface area contributed by atoms with Crippen molar-refractivity contribution in [2.75, 3.05) is 46.3 Å². The fourth-order valence-electron chi connectivity index (χ4n) is 4.24. The summed E-state index contributed by atoms with van der Waals surface area (Å²) in [7, 11) is 1.89. The van der Waals surface area contributed by atoms with Gasteiger partial charge in [0.25, 0.3) is 0 Å². The van der Waals surface area contributed by atoms with Crippen molar-refractivity contribution >= 4 is 5.96 Å². The Kier molecular flexibility index (Phi) is 5.58. The minimum Gasteiger partial charge on any atom is -0.355 e. The molecule has 4 aliphatic rings. The molecule has 2 N–H and O–H groups in total. The molecule has 1 atom stereocenters. The first-order valence-electron chi connectivity index (χ1n) is 9.22. The molecule has 1 aliphatic carbocycles. The molecule has 0 aromatic heterocycles. The van der Waals surface area contributed by atoms with Gasteiger partial charge in [0.1, 0.15) is 0 Å². The summed E-state index contributed by atoms with van der Waals surface area (Å²) in [6, 6.07) is 1.26. The van der Waals surface area contributed by atoms with Crippen LogP contribution in [0.3, 0.4) is 0 Å². The van der Waals surface area contributed by atoms with Crippen LogP contribution in [-0.4, -0.2) is 74.2 Å². The van der Waals surface area contributed by atoms with Crippen LogP contribution in [0.2, 0.25) is 0 Å². The van der Waals surface area contributed by atoms with E-state index in [1.165, 1.54) is 64.8 Å². The smallest absolute Gasteiger partial charge is 0.191 e. The van der Waals surface area contributed by atoms with E-state index in [0.717, 1.165) is 18.4 Å². The first-order valence-corrected chi connectivity index (χ1v) is 9.22. The Morgan fingerprint density at radius 1 is 1.09 bits per heavy atom. The van der Waals surface area contributed by atoms with Gasteiger partial charge >= 0.3 is 0 Å². The number of nitrogens with one attached hydrogen (secondary N) is 2. The molecule has 2 bridgehead atoms. The Morgan fingerprint density at radius 2 is 1.82 bits per heavy atom. The van der Waals surface area contributed by atoms with Gasteiger partial charge in [-0.25, -0.2) is 0 Å². The number of rotatable bonds is 4. The first kappa shape index (κ1) is 16.1. The largest absolute Gasteiger partial charge is 0.355 e. The number of hydrogen-bond acceptors (Lipinski definition) is 3. The molecule has 5 nitrogen and oxygen atoms in total. The van der Waals surface area contributed by atoms with Crippen LogP contribution >= 0.6 is 0 Å². The van der Waals surface area contributed by atoms with Gasteiger partial charge in [0.05, 0.1) is 0 Å². The maximum Gasteiger partial charge on any atom is 0.191 e. The van der Waals surface area contributed by atoms with E-state index in [-0.39, 0.29) is 0 Å². The van der Waals surface area contributed by atoms with Crippen molar-refractivity contribution < 1.29 is 0 Å². The highest BCUT2D eigenvalue weighted by molar-refractivity contribution is 5.80. The predicted octanol–water partition coefficient (Wildman–Crippen LogP) is 1.12. The van der Waals surface area contributed by atoms with Gasteiger partial charge in [-0.3, -0.25) is 14.8 Å². The molecule has 0 aromatic rings. The summed E-state index contributed by atoms with van der Waals surface area (Å²) in [5.41, 5.74) is 0. The summed E-state index contributed by atoms with van der Waals surface area (Å²) in [5.74, 6) is 1.95. The van der Waals surface area contributed by atoms with Gasteiger partial charge in [-0.2, -0.15) is 0 Å². The summed E-state index contributed by atoms with van der Waals surface area (Å²) in [4.78, 5) is 9.65. The van der Waals surface area contributed by atoms with Crippen molar-refractivity contribution in [1.29, 1.82) is 0 Å². The fourth-order valence-corrected chi connectivity index (χ4v) is 4.24. The van der Waals surface area contributed by atoms with Gasteiger partial charge in [-0.05, 0) is 31.6 Å². The molecule has 4 fully saturated rings. The lowest BCUT2D eigenvalue weighted by molar-refractivity contribution is 0.0154. The summed E-state index contributed by atoms with van der Waals surface area (Å²) >= 11 is 0. The highest BCUT2D eigenvalue weighted by Gasteiger charge is 2.31. The van der Waals surface area contributed by atoms with Crippen molar-refractivity contribution in [2.45, 2.75) is 51.1 Å². The number of guanidine groups is 1. The summed E-state index contributed by atoms with van der Waals surface area (Å²) in [6.45, 7) is 9.53.